The van der Waals surface area contributed by atoms with E-state index in [1.165, 1.54) is 0 Å². The number of rotatable bonds is 4. The summed E-state index contributed by atoms with van der Waals surface area (Å²) in [6.07, 6.45) is 1.83. The van der Waals surface area contributed by atoms with E-state index in [1.807, 2.05) is 33.3 Å². The van der Waals surface area contributed by atoms with Crippen molar-refractivity contribution < 1.29 is 4.42 Å². The van der Waals surface area contributed by atoms with Gasteiger partial charge in [-0.3, -0.25) is 10.00 Å². The first-order valence-corrected chi connectivity index (χ1v) is 4.96. The highest BCUT2D eigenvalue weighted by atomic mass is 16.4. The van der Waals surface area contributed by atoms with E-state index in [2.05, 4.69) is 25.9 Å². The summed E-state index contributed by atoms with van der Waals surface area (Å²) >= 11 is 0. The quantitative estimate of drug-likeness (QED) is 0.797. The Labute approximate surface area is 92.9 Å². The molecule has 2 N–H and O–H groups in total. The molecule has 2 aromatic heterocycles. The van der Waals surface area contributed by atoms with E-state index in [0.29, 0.717) is 17.7 Å². The maximum Gasteiger partial charge on any atom is 0.321 e. The van der Waals surface area contributed by atoms with Crippen molar-refractivity contribution >= 4 is 11.8 Å². The van der Waals surface area contributed by atoms with Gasteiger partial charge >= 0.3 is 6.01 Å². The van der Waals surface area contributed by atoms with Crippen molar-refractivity contribution in [2.75, 3.05) is 12.4 Å². The van der Waals surface area contributed by atoms with Gasteiger partial charge < -0.3 is 9.73 Å². The van der Waals surface area contributed by atoms with Gasteiger partial charge in [-0.05, 0) is 14.0 Å². The van der Waals surface area contributed by atoms with Gasteiger partial charge in [-0.15, -0.1) is 5.10 Å². The third-order valence-electron chi connectivity index (χ3n) is 2.19. The van der Waals surface area contributed by atoms with Crippen LogP contribution >= 0.6 is 0 Å². The number of hydrogen-bond donors (Lipinski definition) is 2. The molecule has 2 heterocycles. The van der Waals surface area contributed by atoms with Gasteiger partial charge in [-0.1, -0.05) is 5.10 Å². The number of nitrogens with one attached hydrogen (secondary N) is 2. The topological polar surface area (TPSA) is 80.8 Å². The van der Waals surface area contributed by atoms with Crippen LogP contribution in [0.15, 0.2) is 16.7 Å². The predicted molar refractivity (Wildman–Crippen MR) is 58.3 cm³/mol. The van der Waals surface area contributed by atoms with E-state index in [4.69, 9.17) is 4.42 Å². The Morgan fingerprint density at radius 2 is 2.25 bits per heavy atom. The summed E-state index contributed by atoms with van der Waals surface area (Å²) in [6.45, 7) is 1.94. The molecular formula is C9H14N6O. The molecule has 0 aliphatic heterocycles. The summed E-state index contributed by atoms with van der Waals surface area (Å²) in [5.74, 6) is 1.22. The van der Waals surface area contributed by atoms with Crippen LogP contribution in [0.2, 0.25) is 0 Å². The maximum atomic E-state index is 5.40. The average Bonchev–Trinajstić information content (AvgIpc) is 2.87. The van der Waals surface area contributed by atoms with E-state index in [-0.39, 0.29) is 6.04 Å². The van der Waals surface area contributed by atoms with Crippen LogP contribution in [0.4, 0.5) is 11.8 Å². The molecule has 0 amide bonds. The van der Waals surface area contributed by atoms with Gasteiger partial charge in [0.05, 0.1) is 6.04 Å². The lowest BCUT2D eigenvalue weighted by Crippen LogP contribution is -2.12. The maximum absolute atomic E-state index is 5.40. The third-order valence-corrected chi connectivity index (χ3v) is 2.19. The van der Waals surface area contributed by atoms with Crippen molar-refractivity contribution in [2.45, 2.75) is 13.0 Å². The predicted octanol–water partition coefficient (Wildman–Crippen LogP) is 0.827. The van der Waals surface area contributed by atoms with Crippen LogP contribution in [0.3, 0.4) is 0 Å². The SMILES string of the molecule is CNC(C)c1nnc(Nc2ccn(C)n2)o1. The van der Waals surface area contributed by atoms with Crippen LogP contribution in [-0.4, -0.2) is 27.0 Å². The summed E-state index contributed by atoms with van der Waals surface area (Å²) in [4.78, 5) is 0. The van der Waals surface area contributed by atoms with Gasteiger partial charge in [0.25, 0.3) is 0 Å². The van der Waals surface area contributed by atoms with E-state index in [9.17, 15) is 0 Å². The minimum atomic E-state index is 0.0341. The Kier molecular flexibility index (Phi) is 2.86. The Hall–Kier alpha value is -1.89. The molecule has 0 aliphatic carbocycles. The molecule has 16 heavy (non-hydrogen) atoms. The van der Waals surface area contributed by atoms with Crippen molar-refractivity contribution in [2.24, 2.45) is 7.05 Å². The second kappa shape index (κ2) is 4.31. The van der Waals surface area contributed by atoms with E-state index < -0.39 is 0 Å². The van der Waals surface area contributed by atoms with Crippen LogP contribution in [-0.2, 0) is 7.05 Å². The molecule has 7 heteroatoms. The fourth-order valence-electron chi connectivity index (χ4n) is 1.17. The summed E-state index contributed by atoms with van der Waals surface area (Å²) in [7, 11) is 3.67. The van der Waals surface area contributed by atoms with Gasteiger partial charge in [0, 0.05) is 19.3 Å². The average molecular weight is 222 g/mol. The van der Waals surface area contributed by atoms with Gasteiger partial charge in [-0.2, -0.15) is 5.10 Å². The Morgan fingerprint density at radius 1 is 1.44 bits per heavy atom. The fourth-order valence-corrected chi connectivity index (χ4v) is 1.17. The lowest BCUT2D eigenvalue weighted by Gasteiger charge is -2.02. The van der Waals surface area contributed by atoms with Gasteiger partial charge in [0.1, 0.15) is 0 Å². The summed E-state index contributed by atoms with van der Waals surface area (Å²) < 4.78 is 7.09. The highest BCUT2D eigenvalue weighted by Gasteiger charge is 2.12. The molecule has 0 saturated carbocycles. The molecule has 0 radical (unpaired) electrons. The zero-order valence-corrected chi connectivity index (χ0v) is 9.43. The minimum absolute atomic E-state index is 0.0341. The molecule has 0 fully saturated rings. The molecule has 0 spiro atoms. The standard InChI is InChI=1S/C9H14N6O/c1-6(10-2)8-12-13-9(16-8)11-7-4-5-15(3)14-7/h4-6,10H,1-3H3,(H,11,13,14). The molecular weight excluding hydrogens is 208 g/mol. The normalized spacial score (nSPS) is 12.7. The smallest absolute Gasteiger partial charge is 0.321 e. The molecule has 1 atom stereocenters. The minimum Gasteiger partial charge on any atom is -0.406 e. The molecule has 2 rings (SSSR count). The highest BCUT2D eigenvalue weighted by Crippen LogP contribution is 2.16. The van der Waals surface area contributed by atoms with Gasteiger partial charge in [0.2, 0.25) is 5.89 Å². The van der Waals surface area contributed by atoms with Crippen molar-refractivity contribution in [3.05, 3.63) is 18.2 Å². The van der Waals surface area contributed by atoms with Gasteiger partial charge in [0.15, 0.2) is 5.82 Å². The Bertz CT molecular complexity index is 462. The monoisotopic (exact) mass is 222 g/mol. The molecule has 1 unspecified atom stereocenters. The lowest BCUT2D eigenvalue weighted by molar-refractivity contribution is 0.443. The first-order valence-electron chi connectivity index (χ1n) is 4.96. The lowest BCUT2D eigenvalue weighted by atomic mass is 10.3. The Balaban J connectivity index is 2.08. The van der Waals surface area contributed by atoms with E-state index >= 15 is 0 Å². The van der Waals surface area contributed by atoms with Crippen LogP contribution in [0.1, 0.15) is 18.9 Å². The molecule has 86 valence electrons. The Morgan fingerprint density at radius 3 is 2.88 bits per heavy atom. The zero-order chi connectivity index (χ0) is 11.5. The first kappa shape index (κ1) is 10.6. The first-order chi connectivity index (χ1) is 7.69. The number of nitrogens with zero attached hydrogens (tertiary/aromatic N) is 4. The van der Waals surface area contributed by atoms with Crippen LogP contribution in [0, 0.1) is 0 Å². The van der Waals surface area contributed by atoms with Crippen molar-refractivity contribution in [1.29, 1.82) is 0 Å². The van der Waals surface area contributed by atoms with Gasteiger partial charge in [-0.25, -0.2) is 0 Å². The number of hydrogen-bond acceptors (Lipinski definition) is 6. The van der Waals surface area contributed by atoms with Crippen LogP contribution in [0.5, 0.6) is 0 Å². The van der Waals surface area contributed by atoms with E-state index in [1.54, 1.807) is 4.68 Å². The summed E-state index contributed by atoms with van der Waals surface area (Å²) in [5, 5.41) is 17.9. The van der Waals surface area contributed by atoms with Crippen molar-refractivity contribution in [3.8, 4) is 0 Å². The molecule has 2 aromatic rings. The largest absolute Gasteiger partial charge is 0.406 e. The second-order valence-corrected chi connectivity index (χ2v) is 3.46. The molecule has 0 aliphatic rings. The number of aryl methyl sites for hydroxylation is 1. The molecule has 0 aromatic carbocycles. The second-order valence-electron chi connectivity index (χ2n) is 3.46. The molecule has 0 saturated heterocycles. The number of anilines is 2. The highest BCUT2D eigenvalue weighted by molar-refractivity contribution is 5.44. The fraction of sp³-hybridized carbons (Fsp3) is 0.444. The van der Waals surface area contributed by atoms with E-state index in [0.717, 1.165) is 0 Å². The zero-order valence-electron chi connectivity index (χ0n) is 9.43. The van der Waals surface area contributed by atoms with Crippen molar-refractivity contribution in [1.82, 2.24) is 25.3 Å². The van der Waals surface area contributed by atoms with Crippen LogP contribution in [0.25, 0.3) is 0 Å². The van der Waals surface area contributed by atoms with Crippen LogP contribution < -0.4 is 10.6 Å². The van der Waals surface area contributed by atoms with Crippen molar-refractivity contribution in [3.63, 3.8) is 0 Å². The summed E-state index contributed by atoms with van der Waals surface area (Å²) in [5.41, 5.74) is 0. The molecule has 0 bridgehead atoms. The summed E-state index contributed by atoms with van der Waals surface area (Å²) in [6, 6.07) is 2.20. The molecule has 7 nitrogen and oxygen atoms in total. The third kappa shape index (κ3) is 2.19. The number of aromatic nitrogens is 4.